The normalized spacial score (nSPS) is 8.05. The van der Waals surface area contributed by atoms with E-state index >= 15 is 0 Å². The fourth-order valence-corrected chi connectivity index (χ4v) is 1.12. The van der Waals surface area contributed by atoms with Crippen LogP contribution in [-0.4, -0.2) is 11.7 Å². The molecule has 0 amide bonds. The van der Waals surface area contributed by atoms with Gasteiger partial charge in [-0.1, -0.05) is 76.2 Å². The number of hydrogen-bond donors (Lipinski definition) is 2. The van der Waals surface area contributed by atoms with Gasteiger partial charge in [0.05, 0.1) is 0 Å². The van der Waals surface area contributed by atoms with Crippen LogP contribution in [0.3, 0.4) is 0 Å². The fourth-order valence-electron chi connectivity index (χ4n) is 1.12. The van der Waals surface area contributed by atoms with Gasteiger partial charge in [-0.15, -0.1) is 0 Å². The van der Waals surface area contributed by atoms with Gasteiger partial charge in [0.2, 0.25) is 0 Å². The molecule has 2 rings (SSSR count). The molecule has 0 aromatic heterocycles. The lowest BCUT2D eigenvalue weighted by molar-refractivity contribution is 0.475. The summed E-state index contributed by atoms with van der Waals surface area (Å²) >= 11 is 0. The molecule has 3 N–H and O–H groups in total. The molecule has 0 saturated heterocycles. The Bertz CT molecular complexity index is 355. The number of aromatic hydroxyl groups is 1. The summed E-state index contributed by atoms with van der Waals surface area (Å²) in [5, 5.41) is 8.85. The minimum Gasteiger partial charge on any atom is -0.508 e. The molecule has 0 aliphatic rings. The Morgan fingerprint density at radius 1 is 0.810 bits per heavy atom. The lowest BCUT2D eigenvalue weighted by Crippen LogP contribution is -1.93. The van der Waals surface area contributed by atoms with Gasteiger partial charge in [-0.2, -0.15) is 0 Å². The van der Waals surface area contributed by atoms with Crippen LogP contribution in [0.5, 0.6) is 5.75 Å². The Kier molecular flexibility index (Phi) is 18.6. The number of aryl methyl sites for hydroxylation is 1. The summed E-state index contributed by atoms with van der Waals surface area (Å²) in [6.07, 6.45) is 2.13. The summed E-state index contributed by atoms with van der Waals surface area (Å²) in [6, 6.07) is 19.3. The predicted octanol–water partition coefficient (Wildman–Crippen LogP) is 5.02. The highest BCUT2D eigenvalue weighted by atomic mass is 16.3. The summed E-state index contributed by atoms with van der Waals surface area (Å²) in [5.41, 5.74) is 6.28. The maximum Gasteiger partial charge on any atom is 0.115 e. The van der Waals surface area contributed by atoms with Crippen molar-refractivity contribution in [2.45, 2.75) is 40.5 Å². The highest BCUT2D eigenvalue weighted by molar-refractivity contribution is 5.25. The first-order chi connectivity index (χ1) is 10.2. The number of nitrogens with two attached hydrogens (primary N) is 1. The first-order valence-electron chi connectivity index (χ1n) is 7.72. The average molecular weight is 289 g/mol. The third kappa shape index (κ3) is 16.1. The summed E-state index contributed by atoms with van der Waals surface area (Å²) in [4.78, 5) is 0. The topological polar surface area (TPSA) is 46.2 Å². The lowest BCUT2D eigenvalue weighted by atomic mass is 10.2. The molecule has 21 heavy (non-hydrogen) atoms. The zero-order chi connectivity index (χ0) is 16.3. The van der Waals surface area contributed by atoms with Crippen LogP contribution in [0.1, 0.15) is 39.7 Å². The van der Waals surface area contributed by atoms with Crippen molar-refractivity contribution in [3.63, 3.8) is 0 Å². The molecule has 2 aromatic carbocycles. The molecule has 0 fully saturated rings. The number of phenols is 1. The van der Waals surface area contributed by atoms with Crippen molar-refractivity contribution in [2.75, 3.05) is 6.54 Å². The van der Waals surface area contributed by atoms with E-state index in [-0.39, 0.29) is 0 Å². The zero-order valence-corrected chi connectivity index (χ0v) is 13.9. The predicted molar refractivity (Wildman–Crippen MR) is 94.6 cm³/mol. The molecule has 2 nitrogen and oxygen atoms in total. The van der Waals surface area contributed by atoms with Crippen LogP contribution in [0.15, 0.2) is 60.7 Å². The fraction of sp³-hybridized carbons (Fsp3) is 0.368. The highest BCUT2D eigenvalue weighted by Gasteiger charge is 1.86. The van der Waals surface area contributed by atoms with Crippen LogP contribution in [0.2, 0.25) is 0 Å². The molecule has 118 valence electrons. The molecule has 0 bridgehead atoms. The van der Waals surface area contributed by atoms with E-state index in [1.165, 1.54) is 5.56 Å². The third-order valence-corrected chi connectivity index (χ3v) is 2.30. The number of phenolic OH excluding ortho intramolecular Hbond substituents is 1. The van der Waals surface area contributed by atoms with Crippen molar-refractivity contribution in [3.05, 3.63) is 66.2 Å². The van der Waals surface area contributed by atoms with Crippen LogP contribution < -0.4 is 5.73 Å². The van der Waals surface area contributed by atoms with Gasteiger partial charge >= 0.3 is 0 Å². The molecule has 2 aromatic rings. The average Bonchev–Trinajstić information content (AvgIpc) is 2.60. The Labute approximate surface area is 130 Å². The molecule has 0 spiro atoms. The lowest BCUT2D eigenvalue weighted by Gasteiger charge is -1.93. The molecule has 0 heterocycles. The molecule has 2 heteroatoms. The molecular formula is C19H31NO. The standard InChI is InChI=1S/C8H10O.C6H6.C3H9N.C2H6/c1-2-7-3-5-8(9)6-4-7;1-2-4-6-5-3-1;1-2-3-4;1-2/h3-6,9H,2H2,1H3;1-6H;2-4H2,1H3;1-2H3. The van der Waals surface area contributed by atoms with Gasteiger partial charge < -0.3 is 10.8 Å². The molecule has 0 aliphatic carbocycles. The smallest absolute Gasteiger partial charge is 0.115 e. The maximum absolute atomic E-state index is 8.85. The van der Waals surface area contributed by atoms with E-state index in [0.29, 0.717) is 5.75 Å². The first-order valence-corrected chi connectivity index (χ1v) is 7.72. The van der Waals surface area contributed by atoms with Gasteiger partial charge in [0, 0.05) is 0 Å². The number of hydrogen-bond acceptors (Lipinski definition) is 2. The number of benzene rings is 2. The van der Waals surface area contributed by atoms with Crippen molar-refractivity contribution in [1.29, 1.82) is 0 Å². The van der Waals surface area contributed by atoms with E-state index in [9.17, 15) is 0 Å². The van der Waals surface area contributed by atoms with Gasteiger partial charge in [-0.3, -0.25) is 0 Å². The maximum atomic E-state index is 8.85. The molecule has 0 aliphatic heterocycles. The van der Waals surface area contributed by atoms with Gasteiger partial charge in [0.1, 0.15) is 5.75 Å². The van der Waals surface area contributed by atoms with Crippen LogP contribution in [0.4, 0.5) is 0 Å². The van der Waals surface area contributed by atoms with Crippen molar-refractivity contribution in [2.24, 2.45) is 5.73 Å². The molecule has 0 unspecified atom stereocenters. The van der Waals surface area contributed by atoms with Crippen LogP contribution in [-0.2, 0) is 6.42 Å². The Morgan fingerprint density at radius 2 is 1.14 bits per heavy atom. The Morgan fingerprint density at radius 3 is 1.38 bits per heavy atom. The molecule has 0 saturated carbocycles. The molecule has 0 atom stereocenters. The summed E-state index contributed by atoms with van der Waals surface area (Å²) in [5.74, 6) is 0.340. The molecular weight excluding hydrogens is 258 g/mol. The zero-order valence-electron chi connectivity index (χ0n) is 13.9. The highest BCUT2D eigenvalue weighted by Crippen LogP contribution is 2.09. The van der Waals surface area contributed by atoms with Crippen molar-refractivity contribution < 1.29 is 5.11 Å². The van der Waals surface area contributed by atoms with Crippen LogP contribution in [0, 0.1) is 0 Å². The Hall–Kier alpha value is -1.80. The summed E-state index contributed by atoms with van der Waals surface area (Å²) < 4.78 is 0. The van der Waals surface area contributed by atoms with E-state index in [0.717, 1.165) is 19.4 Å². The van der Waals surface area contributed by atoms with E-state index in [2.05, 4.69) is 13.8 Å². The van der Waals surface area contributed by atoms with Gasteiger partial charge in [0.25, 0.3) is 0 Å². The summed E-state index contributed by atoms with van der Waals surface area (Å²) in [6.45, 7) is 8.96. The monoisotopic (exact) mass is 289 g/mol. The second kappa shape index (κ2) is 18.2. The van der Waals surface area contributed by atoms with E-state index in [4.69, 9.17) is 10.8 Å². The largest absolute Gasteiger partial charge is 0.508 e. The van der Waals surface area contributed by atoms with E-state index in [1.54, 1.807) is 12.1 Å². The summed E-state index contributed by atoms with van der Waals surface area (Å²) in [7, 11) is 0. The second-order valence-electron chi connectivity index (χ2n) is 3.96. The Balaban J connectivity index is 0. The minimum absolute atomic E-state index is 0.340. The molecule has 0 radical (unpaired) electrons. The quantitative estimate of drug-likeness (QED) is 0.815. The van der Waals surface area contributed by atoms with Crippen molar-refractivity contribution in [1.82, 2.24) is 0 Å². The first kappa shape index (κ1) is 21.5. The second-order valence-corrected chi connectivity index (χ2v) is 3.96. The van der Waals surface area contributed by atoms with Gasteiger partial charge in [-0.05, 0) is 37.1 Å². The van der Waals surface area contributed by atoms with E-state index < -0.39 is 0 Å². The van der Waals surface area contributed by atoms with E-state index in [1.807, 2.05) is 62.4 Å². The van der Waals surface area contributed by atoms with Gasteiger partial charge in [0.15, 0.2) is 0 Å². The van der Waals surface area contributed by atoms with Gasteiger partial charge in [-0.25, -0.2) is 0 Å². The van der Waals surface area contributed by atoms with Crippen LogP contribution >= 0.6 is 0 Å². The van der Waals surface area contributed by atoms with Crippen molar-refractivity contribution >= 4 is 0 Å². The van der Waals surface area contributed by atoms with Crippen molar-refractivity contribution in [3.8, 4) is 5.75 Å². The minimum atomic E-state index is 0.340. The third-order valence-electron chi connectivity index (χ3n) is 2.30. The van der Waals surface area contributed by atoms with Crippen LogP contribution in [0.25, 0.3) is 0 Å². The SMILES string of the molecule is CC.CCCN.CCc1ccc(O)cc1.c1ccccc1. The number of rotatable bonds is 2.